The van der Waals surface area contributed by atoms with Gasteiger partial charge >= 0.3 is 5.97 Å². The van der Waals surface area contributed by atoms with Crippen LogP contribution in [0.4, 0.5) is 5.69 Å². The van der Waals surface area contributed by atoms with E-state index in [1.165, 1.54) is 47.6 Å². The average molecular weight is 507 g/mol. The standard InChI is InChI=1S/C21H19BrN2O6S/c1-13(25)30-17-8-6-15(7-9-17)23-20(26)12-19(21(23)27)24(16-4-5-16)31(28,29)18-10-2-14(22)3-11-18/h2-3,6-11,16,19H,4-5,12H2,1H3. The first kappa shape index (κ1) is 21.7. The Hall–Kier alpha value is -2.56. The zero-order valence-corrected chi connectivity index (χ0v) is 18.9. The lowest BCUT2D eigenvalue weighted by Crippen LogP contribution is -2.46. The number of imide groups is 1. The fourth-order valence-corrected chi connectivity index (χ4v) is 5.68. The lowest BCUT2D eigenvalue weighted by molar-refractivity contribution is -0.132. The number of amides is 2. The first-order chi connectivity index (χ1) is 14.7. The highest BCUT2D eigenvalue weighted by Crippen LogP contribution is 2.38. The first-order valence-electron chi connectivity index (χ1n) is 9.63. The van der Waals surface area contributed by atoms with Crippen molar-refractivity contribution in [2.24, 2.45) is 0 Å². The number of carbonyl (C=O) groups excluding carboxylic acids is 3. The van der Waals surface area contributed by atoms with Crippen LogP contribution in [0.5, 0.6) is 5.75 Å². The van der Waals surface area contributed by atoms with Gasteiger partial charge in [0.15, 0.2) is 0 Å². The summed E-state index contributed by atoms with van der Waals surface area (Å²) in [7, 11) is -3.96. The molecule has 2 aromatic rings. The summed E-state index contributed by atoms with van der Waals surface area (Å²) in [6, 6.07) is 10.7. The maximum Gasteiger partial charge on any atom is 0.308 e. The molecule has 162 valence electrons. The Kier molecular flexibility index (Phi) is 5.71. The van der Waals surface area contributed by atoms with Gasteiger partial charge in [-0.2, -0.15) is 4.31 Å². The van der Waals surface area contributed by atoms with Crippen LogP contribution in [0.2, 0.25) is 0 Å². The summed E-state index contributed by atoms with van der Waals surface area (Å²) in [6.45, 7) is 1.27. The number of esters is 1. The summed E-state index contributed by atoms with van der Waals surface area (Å²) in [5.74, 6) is -1.27. The van der Waals surface area contributed by atoms with Gasteiger partial charge in [-0.25, -0.2) is 13.3 Å². The fourth-order valence-electron chi connectivity index (χ4n) is 3.59. The van der Waals surface area contributed by atoms with Gasteiger partial charge < -0.3 is 4.74 Å². The number of hydrogen-bond acceptors (Lipinski definition) is 6. The molecule has 0 radical (unpaired) electrons. The molecule has 1 atom stereocenters. The van der Waals surface area contributed by atoms with Crippen LogP contribution < -0.4 is 9.64 Å². The van der Waals surface area contributed by atoms with Gasteiger partial charge in [-0.1, -0.05) is 15.9 Å². The second-order valence-electron chi connectivity index (χ2n) is 7.39. The van der Waals surface area contributed by atoms with Crippen molar-refractivity contribution in [3.63, 3.8) is 0 Å². The van der Waals surface area contributed by atoms with Crippen LogP contribution in [0, 0.1) is 0 Å². The molecule has 2 aliphatic rings. The zero-order valence-electron chi connectivity index (χ0n) is 16.5. The highest BCUT2D eigenvalue weighted by molar-refractivity contribution is 9.10. The summed E-state index contributed by atoms with van der Waals surface area (Å²) in [5.41, 5.74) is 0.296. The Morgan fingerprint density at radius 3 is 2.23 bits per heavy atom. The van der Waals surface area contributed by atoms with Gasteiger partial charge in [0.25, 0.3) is 5.91 Å². The summed E-state index contributed by atoms with van der Waals surface area (Å²) < 4.78 is 33.6. The lowest BCUT2D eigenvalue weighted by atomic mass is 10.2. The van der Waals surface area contributed by atoms with Gasteiger partial charge in [-0.05, 0) is 61.4 Å². The average Bonchev–Trinajstić information content (AvgIpc) is 3.49. The van der Waals surface area contributed by atoms with Gasteiger partial charge in [-0.15, -0.1) is 0 Å². The van der Waals surface area contributed by atoms with E-state index >= 15 is 0 Å². The molecule has 0 bridgehead atoms. The van der Waals surface area contributed by atoms with Gasteiger partial charge in [-0.3, -0.25) is 14.4 Å². The summed E-state index contributed by atoms with van der Waals surface area (Å²) in [6.07, 6.45) is 1.06. The first-order valence-corrected chi connectivity index (χ1v) is 11.9. The third-order valence-corrected chi connectivity index (χ3v) is 7.59. The van der Waals surface area contributed by atoms with Crippen molar-refractivity contribution in [1.29, 1.82) is 0 Å². The van der Waals surface area contributed by atoms with E-state index in [4.69, 9.17) is 4.74 Å². The van der Waals surface area contributed by atoms with E-state index in [1.54, 1.807) is 12.1 Å². The van der Waals surface area contributed by atoms with Crippen LogP contribution >= 0.6 is 15.9 Å². The number of anilines is 1. The molecule has 1 aliphatic heterocycles. The fraction of sp³-hybridized carbons (Fsp3) is 0.286. The molecule has 2 amide bonds. The minimum Gasteiger partial charge on any atom is -0.427 e. The summed E-state index contributed by atoms with van der Waals surface area (Å²) in [5, 5.41) is 0. The van der Waals surface area contributed by atoms with Crippen LogP contribution in [0.1, 0.15) is 26.2 Å². The maximum absolute atomic E-state index is 13.3. The smallest absolute Gasteiger partial charge is 0.308 e. The topological polar surface area (TPSA) is 101 Å². The quantitative estimate of drug-likeness (QED) is 0.339. The van der Waals surface area contributed by atoms with Gasteiger partial charge in [0, 0.05) is 17.4 Å². The Labute approximate surface area is 188 Å². The van der Waals surface area contributed by atoms with Crippen molar-refractivity contribution >= 4 is 49.4 Å². The second-order valence-corrected chi connectivity index (χ2v) is 10.2. The highest BCUT2D eigenvalue weighted by atomic mass is 79.9. The molecule has 0 aromatic heterocycles. The van der Waals surface area contributed by atoms with Gasteiger partial charge in [0.2, 0.25) is 15.9 Å². The summed E-state index contributed by atoms with van der Waals surface area (Å²) >= 11 is 3.28. The Morgan fingerprint density at radius 2 is 1.68 bits per heavy atom. The monoisotopic (exact) mass is 506 g/mol. The molecular formula is C21H19BrN2O6S. The predicted molar refractivity (Wildman–Crippen MR) is 115 cm³/mol. The van der Waals surface area contributed by atoms with Crippen molar-refractivity contribution in [1.82, 2.24) is 4.31 Å². The molecule has 2 fully saturated rings. The molecule has 1 saturated carbocycles. The van der Waals surface area contributed by atoms with Gasteiger partial charge in [0.05, 0.1) is 17.0 Å². The van der Waals surface area contributed by atoms with Crippen LogP contribution in [-0.2, 0) is 24.4 Å². The zero-order chi connectivity index (χ0) is 22.3. The second kappa shape index (κ2) is 8.18. The Balaban J connectivity index is 1.63. The molecule has 31 heavy (non-hydrogen) atoms. The van der Waals surface area contributed by atoms with Crippen molar-refractivity contribution in [3.8, 4) is 5.75 Å². The third-order valence-electron chi connectivity index (χ3n) is 5.08. The van der Waals surface area contributed by atoms with Crippen LogP contribution in [0.15, 0.2) is 57.9 Å². The lowest BCUT2D eigenvalue weighted by Gasteiger charge is -2.26. The molecule has 1 saturated heterocycles. The molecule has 1 unspecified atom stereocenters. The minimum atomic E-state index is -3.96. The number of ether oxygens (including phenoxy) is 1. The normalized spacial score (nSPS) is 19.2. The van der Waals surface area contributed by atoms with Gasteiger partial charge in [0.1, 0.15) is 11.8 Å². The van der Waals surface area contributed by atoms with E-state index in [0.717, 1.165) is 9.37 Å². The molecule has 10 heteroatoms. The van der Waals surface area contributed by atoms with Crippen molar-refractivity contribution in [2.75, 3.05) is 4.90 Å². The molecule has 4 rings (SSSR count). The van der Waals surface area contributed by atoms with Crippen LogP contribution in [0.3, 0.4) is 0 Å². The molecule has 1 aliphatic carbocycles. The molecule has 1 heterocycles. The van der Waals surface area contributed by atoms with E-state index in [9.17, 15) is 22.8 Å². The number of hydrogen-bond donors (Lipinski definition) is 0. The minimum absolute atomic E-state index is 0.0760. The van der Waals surface area contributed by atoms with Crippen molar-refractivity contribution < 1.29 is 27.5 Å². The molecule has 2 aromatic carbocycles. The molecule has 0 spiro atoms. The number of halogens is 1. The number of rotatable bonds is 6. The SMILES string of the molecule is CC(=O)Oc1ccc(N2C(=O)CC(N(C3CC3)S(=O)(=O)c3ccc(Br)cc3)C2=O)cc1. The van der Waals surface area contributed by atoms with Crippen LogP contribution in [0.25, 0.3) is 0 Å². The third kappa shape index (κ3) is 4.28. The molecule has 0 N–H and O–H groups in total. The number of carbonyl (C=O) groups is 3. The highest BCUT2D eigenvalue weighted by Gasteiger charge is 2.51. The van der Waals surface area contributed by atoms with E-state index in [2.05, 4.69) is 15.9 Å². The van der Waals surface area contributed by atoms with E-state index < -0.39 is 33.8 Å². The maximum atomic E-state index is 13.3. The largest absolute Gasteiger partial charge is 0.427 e. The Bertz CT molecular complexity index is 1140. The molecule has 8 nitrogen and oxygen atoms in total. The predicted octanol–water partition coefficient (Wildman–Crippen LogP) is 2.86. The van der Waals surface area contributed by atoms with E-state index in [-0.39, 0.29) is 23.1 Å². The van der Waals surface area contributed by atoms with Crippen molar-refractivity contribution in [3.05, 3.63) is 53.0 Å². The van der Waals surface area contributed by atoms with Crippen molar-refractivity contribution in [2.45, 2.75) is 43.2 Å². The van der Waals surface area contributed by atoms with E-state index in [0.29, 0.717) is 18.5 Å². The summed E-state index contributed by atoms with van der Waals surface area (Å²) in [4.78, 5) is 38.0. The number of benzene rings is 2. The molecular weight excluding hydrogens is 488 g/mol. The van der Waals surface area contributed by atoms with E-state index in [1.807, 2.05) is 0 Å². The Morgan fingerprint density at radius 1 is 1.06 bits per heavy atom. The number of nitrogens with zero attached hydrogens (tertiary/aromatic N) is 2. The van der Waals surface area contributed by atoms with Crippen LogP contribution in [-0.4, -0.2) is 42.6 Å². The number of sulfonamides is 1.